The first-order valence-electron chi connectivity index (χ1n) is 7.58. The fourth-order valence-corrected chi connectivity index (χ4v) is 1.66. The summed E-state index contributed by atoms with van der Waals surface area (Å²) >= 11 is 0. The molecule has 0 rings (SSSR count). The average molecular weight is 277 g/mol. The van der Waals surface area contributed by atoms with E-state index in [0.717, 1.165) is 18.5 Å². The van der Waals surface area contributed by atoms with Crippen LogP contribution in [0, 0.1) is 5.21 Å². The smallest absolute Gasteiger partial charge is 0.0990 e. The van der Waals surface area contributed by atoms with Gasteiger partial charge in [-0.3, -0.25) is 0 Å². The lowest BCUT2D eigenvalue weighted by atomic mass is 10.1. The van der Waals surface area contributed by atoms with Crippen molar-refractivity contribution >= 4 is 0 Å². The van der Waals surface area contributed by atoms with Gasteiger partial charge in [-0.25, -0.2) is 0 Å². The molecule has 0 saturated carbocycles. The third kappa shape index (κ3) is 17.8. The van der Waals surface area contributed by atoms with Gasteiger partial charge in [-0.1, -0.05) is 39.0 Å². The number of quaternary nitrogens is 1. The monoisotopic (exact) mass is 277 g/mol. The minimum atomic E-state index is 0.460. The highest BCUT2D eigenvalue weighted by Gasteiger charge is 1.93. The first-order valence-corrected chi connectivity index (χ1v) is 7.58. The second kappa shape index (κ2) is 17.8. The molecule has 0 heterocycles. The van der Waals surface area contributed by atoms with Gasteiger partial charge in [-0.05, 0) is 6.42 Å². The predicted molar refractivity (Wildman–Crippen MR) is 76.0 cm³/mol. The number of hydrogen-bond acceptors (Lipinski definition) is 4. The molecule has 0 atom stereocenters. The van der Waals surface area contributed by atoms with Crippen LogP contribution in [0.1, 0.15) is 45.4 Å². The summed E-state index contributed by atoms with van der Waals surface area (Å²) in [7, 11) is 0. The van der Waals surface area contributed by atoms with Crippen molar-refractivity contribution in [2.75, 3.05) is 46.2 Å². The number of rotatable bonds is 16. The molecule has 0 bridgehead atoms. The van der Waals surface area contributed by atoms with Gasteiger partial charge in [0, 0.05) is 6.61 Å². The molecule has 0 spiro atoms. The van der Waals surface area contributed by atoms with E-state index in [4.69, 9.17) is 14.2 Å². The number of nitrogens with two attached hydrogens (primary N) is 1. The summed E-state index contributed by atoms with van der Waals surface area (Å²) in [5, 5.41) is 10.0. The highest BCUT2D eigenvalue weighted by Crippen LogP contribution is 2.04. The molecule has 0 saturated heterocycles. The van der Waals surface area contributed by atoms with E-state index in [1.54, 1.807) is 0 Å². The summed E-state index contributed by atoms with van der Waals surface area (Å²) in [4.78, 5) is 0. The maximum Gasteiger partial charge on any atom is 0.0990 e. The van der Waals surface area contributed by atoms with E-state index in [1.807, 2.05) is 0 Å². The van der Waals surface area contributed by atoms with Crippen molar-refractivity contribution in [2.24, 2.45) is 0 Å². The van der Waals surface area contributed by atoms with Crippen LogP contribution < -0.4 is 5.48 Å². The van der Waals surface area contributed by atoms with Crippen molar-refractivity contribution in [3.63, 3.8) is 0 Å². The number of hydrogen-bond donors (Lipinski definition) is 1. The lowest BCUT2D eigenvalue weighted by molar-refractivity contribution is -0.590. The Kier molecular flexibility index (Phi) is 17.6. The summed E-state index contributed by atoms with van der Waals surface area (Å²) in [5.41, 5.74) is 0.858. The Hall–Kier alpha value is -0.200. The van der Waals surface area contributed by atoms with Gasteiger partial charge in [0.2, 0.25) is 0 Å². The molecular formula is C14H31NO4. The summed E-state index contributed by atoms with van der Waals surface area (Å²) in [5.74, 6) is 0. The molecule has 0 aliphatic rings. The van der Waals surface area contributed by atoms with Crippen LogP contribution in [0.25, 0.3) is 0 Å². The van der Waals surface area contributed by atoms with Crippen molar-refractivity contribution in [3.8, 4) is 0 Å². The van der Waals surface area contributed by atoms with E-state index in [-0.39, 0.29) is 0 Å². The third-order valence-electron chi connectivity index (χ3n) is 2.77. The van der Waals surface area contributed by atoms with Crippen molar-refractivity contribution in [1.29, 1.82) is 0 Å². The molecule has 0 aromatic carbocycles. The Balaban J connectivity index is 2.88. The zero-order valence-electron chi connectivity index (χ0n) is 12.4. The molecule has 0 unspecified atom stereocenters. The molecule has 19 heavy (non-hydrogen) atoms. The lowest BCUT2D eigenvalue weighted by Crippen LogP contribution is -2.78. The zero-order valence-corrected chi connectivity index (χ0v) is 12.4. The van der Waals surface area contributed by atoms with Gasteiger partial charge in [0.05, 0.1) is 39.6 Å². The number of unbranched alkanes of at least 4 members (excludes halogenated alkanes) is 5. The maximum absolute atomic E-state index is 10.0. The summed E-state index contributed by atoms with van der Waals surface area (Å²) in [6.45, 7) is 6.41. The standard InChI is InChI=1S/C14H31NO4/c1-2-3-4-5-6-7-9-17-11-13-19-14-12-18-10-8-15-16/h2-15H2,1H3. The first kappa shape index (κ1) is 18.8. The highest BCUT2D eigenvalue weighted by molar-refractivity contribution is 4.43. The van der Waals surface area contributed by atoms with Crippen LogP contribution in [0.15, 0.2) is 0 Å². The second-order valence-corrected chi connectivity index (χ2v) is 4.56. The van der Waals surface area contributed by atoms with Gasteiger partial charge in [-0.15, -0.1) is 0 Å². The van der Waals surface area contributed by atoms with Crippen LogP contribution in [-0.2, 0) is 14.2 Å². The van der Waals surface area contributed by atoms with Crippen molar-refractivity contribution in [2.45, 2.75) is 45.4 Å². The van der Waals surface area contributed by atoms with Gasteiger partial charge in [0.25, 0.3) is 0 Å². The van der Waals surface area contributed by atoms with Crippen LogP contribution in [0.2, 0.25) is 0 Å². The first-order chi connectivity index (χ1) is 9.41. The van der Waals surface area contributed by atoms with E-state index < -0.39 is 0 Å². The van der Waals surface area contributed by atoms with Gasteiger partial charge >= 0.3 is 0 Å². The van der Waals surface area contributed by atoms with Gasteiger partial charge in [0.1, 0.15) is 0 Å². The van der Waals surface area contributed by atoms with E-state index >= 15 is 0 Å². The molecule has 0 radical (unpaired) electrons. The lowest BCUT2D eigenvalue weighted by Gasteiger charge is -2.07. The minimum absolute atomic E-state index is 0.460. The van der Waals surface area contributed by atoms with Crippen LogP contribution in [0.3, 0.4) is 0 Å². The van der Waals surface area contributed by atoms with E-state index in [1.165, 1.54) is 32.1 Å². The molecule has 5 heteroatoms. The summed E-state index contributed by atoms with van der Waals surface area (Å²) in [6, 6.07) is 0. The Bertz CT molecular complexity index is 142. The van der Waals surface area contributed by atoms with Gasteiger partial charge < -0.3 is 24.9 Å². The van der Waals surface area contributed by atoms with E-state index in [9.17, 15) is 5.21 Å². The van der Waals surface area contributed by atoms with Crippen LogP contribution in [0.5, 0.6) is 0 Å². The number of hydroxylamine groups is 1. The zero-order chi connectivity index (χ0) is 14.0. The minimum Gasteiger partial charge on any atom is -0.636 e. The molecule has 5 nitrogen and oxygen atoms in total. The highest BCUT2D eigenvalue weighted by atomic mass is 16.5. The summed E-state index contributed by atoms with van der Waals surface area (Å²) < 4.78 is 16.0. The SMILES string of the molecule is CCCCCCCCOCCOCCOCC[NH2+][O-]. The third-order valence-corrected chi connectivity index (χ3v) is 2.77. The van der Waals surface area contributed by atoms with Gasteiger partial charge in [-0.2, -0.15) is 0 Å². The Labute approximate surface area is 117 Å². The molecule has 0 aliphatic carbocycles. The molecule has 0 aromatic heterocycles. The van der Waals surface area contributed by atoms with Crippen molar-refractivity contribution in [3.05, 3.63) is 5.21 Å². The molecule has 0 aromatic rings. The van der Waals surface area contributed by atoms with Crippen molar-refractivity contribution in [1.82, 2.24) is 0 Å². The Morgan fingerprint density at radius 3 is 1.84 bits per heavy atom. The molecule has 2 N–H and O–H groups in total. The van der Waals surface area contributed by atoms with Crippen molar-refractivity contribution < 1.29 is 19.7 Å². The average Bonchev–Trinajstić information content (AvgIpc) is 2.43. The fourth-order valence-electron chi connectivity index (χ4n) is 1.66. The van der Waals surface area contributed by atoms with Crippen LogP contribution in [-0.4, -0.2) is 46.2 Å². The second-order valence-electron chi connectivity index (χ2n) is 4.56. The van der Waals surface area contributed by atoms with E-state index in [2.05, 4.69) is 6.92 Å². The van der Waals surface area contributed by atoms with E-state index in [0.29, 0.717) is 39.6 Å². The largest absolute Gasteiger partial charge is 0.636 e. The maximum atomic E-state index is 10.0. The molecular weight excluding hydrogens is 246 g/mol. The van der Waals surface area contributed by atoms with Crippen LogP contribution in [0.4, 0.5) is 0 Å². The quantitative estimate of drug-likeness (QED) is 0.342. The Morgan fingerprint density at radius 1 is 0.684 bits per heavy atom. The molecule has 0 amide bonds. The molecule has 0 aliphatic heterocycles. The summed E-state index contributed by atoms with van der Waals surface area (Å²) in [6.07, 6.45) is 7.75. The van der Waals surface area contributed by atoms with Crippen LogP contribution >= 0.6 is 0 Å². The topological polar surface area (TPSA) is 67.4 Å². The fraction of sp³-hybridized carbons (Fsp3) is 1.00. The predicted octanol–water partition coefficient (Wildman–Crippen LogP) is 1.46. The molecule has 116 valence electrons. The number of ether oxygens (including phenoxy) is 3. The van der Waals surface area contributed by atoms with Gasteiger partial charge in [0.15, 0.2) is 0 Å². The Morgan fingerprint density at radius 2 is 1.21 bits per heavy atom. The molecule has 0 fully saturated rings. The normalized spacial score (nSPS) is 11.1.